The smallest absolute Gasteiger partial charge is 0.272 e. The van der Waals surface area contributed by atoms with Crippen LogP contribution >= 0.6 is 0 Å². The summed E-state index contributed by atoms with van der Waals surface area (Å²) in [4.78, 5) is 24.1. The van der Waals surface area contributed by atoms with Gasteiger partial charge in [0.05, 0.1) is 12.7 Å². The molecular formula is C28H41N5O3. The van der Waals surface area contributed by atoms with Crippen molar-refractivity contribution in [3.05, 3.63) is 41.9 Å². The molecule has 1 aromatic heterocycles. The van der Waals surface area contributed by atoms with Crippen LogP contribution in [0.5, 0.6) is 0 Å². The van der Waals surface area contributed by atoms with Gasteiger partial charge in [-0.1, -0.05) is 24.3 Å². The molecular weight excluding hydrogens is 454 g/mol. The summed E-state index contributed by atoms with van der Waals surface area (Å²) in [6.45, 7) is 5.75. The average Bonchev–Trinajstić information content (AvgIpc) is 2.89. The molecule has 8 heteroatoms. The minimum absolute atomic E-state index is 0.0121. The third kappa shape index (κ3) is 5.82. The fourth-order valence-corrected chi connectivity index (χ4v) is 6.17. The Morgan fingerprint density at radius 2 is 2.03 bits per heavy atom. The number of hydrogen-bond donors (Lipinski definition) is 2. The van der Waals surface area contributed by atoms with E-state index in [0.717, 1.165) is 62.8 Å². The number of carbonyl (C=O) groups is 1. The van der Waals surface area contributed by atoms with Gasteiger partial charge in [-0.2, -0.15) is 0 Å². The summed E-state index contributed by atoms with van der Waals surface area (Å²) in [6.07, 6.45) is 17.1. The molecule has 3 heterocycles. The highest BCUT2D eigenvalue weighted by atomic mass is 16.5. The molecule has 3 fully saturated rings. The van der Waals surface area contributed by atoms with Gasteiger partial charge in [-0.15, -0.1) is 0 Å². The largest absolute Gasteiger partial charge is 0.379 e. The number of ether oxygens (including phenoxy) is 2. The Balaban J connectivity index is 1.09. The van der Waals surface area contributed by atoms with Crippen molar-refractivity contribution in [3.8, 4) is 0 Å². The minimum atomic E-state index is 0.0121. The number of methoxy groups -OCH3 is 1. The zero-order chi connectivity index (χ0) is 24.9. The number of nitrogens with one attached hydrogen (secondary N) is 2. The van der Waals surface area contributed by atoms with Gasteiger partial charge in [-0.25, -0.2) is 9.97 Å². The van der Waals surface area contributed by atoms with Gasteiger partial charge in [0.2, 0.25) is 0 Å². The van der Waals surface area contributed by atoms with Crippen LogP contribution in [0.2, 0.25) is 0 Å². The zero-order valence-corrected chi connectivity index (χ0v) is 21.7. The van der Waals surface area contributed by atoms with Crippen LogP contribution in [0, 0.1) is 24.7 Å². The quantitative estimate of drug-likeness (QED) is 0.572. The van der Waals surface area contributed by atoms with Crippen LogP contribution in [-0.2, 0) is 9.47 Å². The van der Waals surface area contributed by atoms with Crippen LogP contribution in [0.1, 0.15) is 54.6 Å². The van der Waals surface area contributed by atoms with E-state index in [1.807, 2.05) is 11.8 Å². The topological polar surface area (TPSA) is 88.6 Å². The molecule has 1 amide bonds. The van der Waals surface area contributed by atoms with Gasteiger partial charge in [0.25, 0.3) is 5.91 Å². The number of allylic oxidation sites excluding steroid dienone is 4. The Bertz CT molecular complexity index is 953. The fraction of sp³-hybridized carbons (Fsp3) is 0.679. The lowest BCUT2D eigenvalue weighted by molar-refractivity contribution is -0.0533. The van der Waals surface area contributed by atoms with Gasteiger partial charge in [0.1, 0.15) is 17.8 Å². The summed E-state index contributed by atoms with van der Waals surface area (Å²) in [5.74, 6) is 2.97. The SMILES string of the molecule is CO[C@@H]1COCC[C@@H]1NC1CCN(C(=O)c2ncnc(NCC3CC(C4C=CC=CC4)C3)c2C)CC1. The molecule has 0 bridgehead atoms. The maximum Gasteiger partial charge on any atom is 0.272 e. The summed E-state index contributed by atoms with van der Waals surface area (Å²) in [5.41, 5.74) is 1.37. The number of carbonyl (C=O) groups excluding carboxylic acids is 1. The van der Waals surface area contributed by atoms with E-state index < -0.39 is 0 Å². The van der Waals surface area contributed by atoms with E-state index in [-0.39, 0.29) is 12.0 Å². The molecule has 1 unspecified atom stereocenters. The Labute approximate surface area is 214 Å². The van der Waals surface area contributed by atoms with E-state index in [9.17, 15) is 4.79 Å². The van der Waals surface area contributed by atoms with E-state index in [4.69, 9.17) is 9.47 Å². The molecule has 196 valence electrons. The van der Waals surface area contributed by atoms with Gasteiger partial charge in [-0.3, -0.25) is 4.79 Å². The molecule has 2 aliphatic carbocycles. The fourth-order valence-electron chi connectivity index (χ4n) is 6.17. The monoisotopic (exact) mass is 495 g/mol. The molecule has 0 spiro atoms. The molecule has 1 aromatic rings. The van der Waals surface area contributed by atoms with Gasteiger partial charge >= 0.3 is 0 Å². The van der Waals surface area contributed by atoms with Gasteiger partial charge in [0, 0.05) is 51.0 Å². The predicted molar refractivity (Wildman–Crippen MR) is 140 cm³/mol. The third-order valence-electron chi connectivity index (χ3n) is 8.58. The standard InChI is InChI=1S/C28H41N5O3/c1-19-26(28(34)33-11-8-23(9-12-33)32-24-10-13-36-17-25(24)35-2)30-18-31-27(19)29-16-20-14-22(15-20)21-6-4-3-5-7-21/h3-6,18,20-25,32H,7-17H2,1-2H3,(H,29,30,31)/t20?,21?,22?,24-,25+/m0/s1. The number of aromatic nitrogens is 2. The lowest BCUT2D eigenvalue weighted by Crippen LogP contribution is -2.54. The van der Waals surface area contributed by atoms with Crippen molar-refractivity contribution < 1.29 is 14.3 Å². The van der Waals surface area contributed by atoms with E-state index in [0.29, 0.717) is 36.2 Å². The van der Waals surface area contributed by atoms with Crippen LogP contribution in [0.3, 0.4) is 0 Å². The van der Waals surface area contributed by atoms with E-state index in [1.165, 1.54) is 25.6 Å². The molecule has 8 nitrogen and oxygen atoms in total. The Kier molecular flexibility index (Phi) is 8.34. The third-order valence-corrected chi connectivity index (χ3v) is 8.58. The summed E-state index contributed by atoms with van der Waals surface area (Å²) in [5, 5.41) is 7.27. The predicted octanol–water partition coefficient (Wildman–Crippen LogP) is 3.35. The molecule has 2 aliphatic heterocycles. The van der Waals surface area contributed by atoms with Crippen LogP contribution in [0.15, 0.2) is 30.6 Å². The summed E-state index contributed by atoms with van der Waals surface area (Å²) >= 11 is 0. The first-order chi connectivity index (χ1) is 17.6. The Morgan fingerprint density at radius 3 is 2.78 bits per heavy atom. The maximum absolute atomic E-state index is 13.3. The average molecular weight is 496 g/mol. The second-order valence-corrected chi connectivity index (χ2v) is 10.9. The van der Waals surface area contributed by atoms with Crippen LogP contribution in [0.4, 0.5) is 5.82 Å². The lowest BCUT2D eigenvalue weighted by atomic mass is 9.67. The van der Waals surface area contributed by atoms with E-state index >= 15 is 0 Å². The van der Waals surface area contributed by atoms with Crippen molar-refractivity contribution in [2.45, 2.75) is 63.6 Å². The molecule has 2 saturated heterocycles. The molecule has 0 aromatic carbocycles. The first kappa shape index (κ1) is 25.4. The number of hydrogen-bond acceptors (Lipinski definition) is 7. The summed E-state index contributed by atoms with van der Waals surface area (Å²) in [7, 11) is 1.75. The lowest BCUT2D eigenvalue weighted by Gasteiger charge is -2.40. The number of amides is 1. The van der Waals surface area contributed by atoms with Crippen molar-refractivity contribution >= 4 is 11.7 Å². The zero-order valence-electron chi connectivity index (χ0n) is 21.7. The van der Waals surface area contributed by atoms with Crippen LogP contribution in [-0.4, -0.2) is 78.9 Å². The molecule has 4 aliphatic rings. The molecule has 3 atom stereocenters. The van der Waals surface area contributed by atoms with Crippen molar-refractivity contribution in [3.63, 3.8) is 0 Å². The van der Waals surface area contributed by atoms with Crippen molar-refractivity contribution in [1.29, 1.82) is 0 Å². The normalized spacial score (nSPS) is 30.7. The molecule has 36 heavy (non-hydrogen) atoms. The van der Waals surface area contributed by atoms with E-state index in [2.05, 4.69) is 44.9 Å². The summed E-state index contributed by atoms with van der Waals surface area (Å²) in [6, 6.07) is 0.709. The highest BCUT2D eigenvalue weighted by molar-refractivity contribution is 5.94. The second-order valence-electron chi connectivity index (χ2n) is 10.9. The number of rotatable bonds is 8. The molecule has 5 rings (SSSR count). The Hall–Kier alpha value is -2.29. The number of likely N-dealkylation sites (tertiary alicyclic amines) is 1. The van der Waals surface area contributed by atoms with Crippen molar-refractivity contribution in [1.82, 2.24) is 20.2 Å². The van der Waals surface area contributed by atoms with Gasteiger partial charge < -0.3 is 25.0 Å². The van der Waals surface area contributed by atoms with Gasteiger partial charge in [0.15, 0.2) is 0 Å². The van der Waals surface area contributed by atoms with Crippen LogP contribution in [0.25, 0.3) is 0 Å². The summed E-state index contributed by atoms with van der Waals surface area (Å²) < 4.78 is 11.1. The first-order valence-electron chi connectivity index (χ1n) is 13.7. The van der Waals surface area contributed by atoms with Crippen molar-refractivity contribution in [2.75, 3.05) is 45.3 Å². The highest BCUT2D eigenvalue weighted by Gasteiger charge is 2.34. The Morgan fingerprint density at radius 1 is 1.19 bits per heavy atom. The van der Waals surface area contributed by atoms with Gasteiger partial charge in [-0.05, 0) is 63.2 Å². The number of anilines is 1. The van der Waals surface area contributed by atoms with Crippen LogP contribution < -0.4 is 10.6 Å². The number of piperidine rings is 1. The highest BCUT2D eigenvalue weighted by Crippen LogP contribution is 2.41. The van der Waals surface area contributed by atoms with E-state index in [1.54, 1.807) is 7.11 Å². The van der Waals surface area contributed by atoms with Crippen molar-refractivity contribution in [2.24, 2.45) is 17.8 Å². The molecule has 2 N–H and O–H groups in total. The number of nitrogens with zero attached hydrogens (tertiary/aromatic N) is 3. The minimum Gasteiger partial charge on any atom is -0.379 e. The molecule has 0 radical (unpaired) electrons. The maximum atomic E-state index is 13.3. The molecule has 1 saturated carbocycles. The second kappa shape index (κ2) is 11.8. The first-order valence-corrected chi connectivity index (χ1v) is 13.7.